The molecule has 0 saturated carbocycles. The van der Waals surface area contributed by atoms with E-state index >= 15 is 0 Å². The normalized spacial score (nSPS) is 12.3. The lowest BCUT2D eigenvalue weighted by Crippen LogP contribution is -2.12. The minimum absolute atomic E-state index is 0.165. The average Bonchev–Trinajstić information content (AvgIpc) is 3.30. The number of rotatable bonds is 5. The van der Waals surface area contributed by atoms with Crippen molar-refractivity contribution < 1.29 is 13.2 Å². The van der Waals surface area contributed by atoms with Gasteiger partial charge in [0.1, 0.15) is 11.3 Å². The molecule has 9 heteroatoms. The number of sulfonamides is 1. The number of aromatic amines is 1. The van der Waals surface area contributed by atoms with E-state index in [2.05, 4.69) is 40.6 Å². The summed E-state index contributed by atoms with van der Waals surface area (Å²) in [6.45, 7) is 6.15. The van der Waals surface area contributed by atoms with Crippen molar-refractivity contribution in [3.8, 4) is 11.1 Å². The van der Waals surface area contributed by atoms with Gasteiger partial charge >= 0.3 is 0 Å². The highest BCUT2D eigenvalue weighted by atomic mass is 32.2. The number of ketones is 1. The molecule has 2 N–H and O–H groups in total. The van der Waals surface area contributed by atoms with Crippen LogP contribution < -0.4 is 4.72 Å². The van der Waals surface area contributed by atoms with Crippen LogP contribution in [0.5, 0.6) is 0 Å². The average molecular weight is 452 g/mol. The lowest BCUT2D eigenvalue weighted by molar-refractivity contribution is 0.103. The van der Waals surface area contributed by atoms with Crippen LogP contribution in [0, 0.1) is 0 Å². The third-order valence-electron chi connectivity index (χ3n) is 5.18. The number of pyridine rings is 1. The maximum Gasteiger partial charge on any atom is 0.229 e. The zero-order valence-corrected chi connectivity index (χ0v) is 19.4. The van der Waals surface area contributed by atoms with E-state index in [1.54, 1.807) is 42.3 Å². The number of hydrogen-bond acceptors (Lipinski definition) is 5. The van der Waals surface area contributed by atoms with Gasteiger partial charge in [-0.1, -0.05) is 32.9 Å². The van der Waals surface area contributed by atoms with Crippen LogP contribution in [0.15, 0.2) is 48.8 Å². The Morgan fingerprint density at radius 2 is 1.91 bits per heavy atom. The van der Waals surface area contributed by atoms with Gasteiger partial charge in [0.05, 0.1) is 17.5 Å². The molecule has 0 atom stereocenters. The van der Waals surface area contributed by atoms with E-state index in [1.165, 1.54) is 0 Å². The first-order chi connectivity index (χ1) is 14.9. The predicted octanol–water partition coefficient (Wildman–Crippen LogP) is 3.86. The van der Waals surface area contributed by atoms with Crippen LogP contribution in [-0.4, -0.2) is 40.2 Å². The van der Waals surface area contributed by atoms with Crippen LogP contribution in [0.1, 0.15) is 42.5 Å². The van der Waals surface area contributed by atoms with Crippen molar-refractivity contribution >= 4 is 32.5 Å². The Balaban J connectivity index is 1.84. The first-order valence-electron chi connectivity index (χ1n) is 10.1. The highest BCUT2D eigenvalue weighted by molar-refractivity contribution is 7.92. The van der Waals surface area contributed by atoms with E-state index in [9.17, 15) is 13.2 Å². The molecule has 0 fully saturated rings. The van der Waals surface area contributed by atoms with Crippen LogP contribution >= 0.6 is 0 Å². The molecule has 1 aromatic carbocycles. The summed E-state index contributed by atoms with van der Waals surface area (Å²) in [5.41, 5.74) is 4.17. The topological polar surface area (TPSA) is 110 Å². The summed E-state index contributed by atoms with van der Waals surface area (Å²) in [6.07, 6.45) is 4.42. The minimum Gasteiger partial charge on any atom is -0.345 e. The quantitative estimate of drug-likeness (QED) is 0.448. The van der Waals surface area contributed by atoms with Crippen LogP contribution in [0.25, 0.3) is 22.2 Å². The van der Waals surface area contributed by atoms with Gasteiger partial charge in [-0.05, 0) is 35.4 Å². The first kappa shape index (κ1) is 21.8. The monoisotopic (exact) mass is 451 g/mol. The molecule has 0 bridgehead atoms. The van der Waals surface area contributed by atoms with Gasteiger partial charge in [-0.25, -0.2) is 13.4 Å². The number of H-pyrrole nitrogens is 1. The van der Waals surface area contributed by atoms with Crippen molar-refractivity contribution in [3.05, 3.63) is 65.7 Å². The SMILES string of the molecule is Cn1nc(C(C)(C)C)cc1C(=O)c1c[nH]c2nccc(-c3cccc(NS(C)(=O)=O)c3)c12. The maximum absolute atomic E-state index is 13.5. The Hall–Kier alpha value is -3.46. The molecule has 8 nitrogen and oxygen atoms in total. The fraction of sp³-hybridized carbons (Fsp3) is 0.261. The zero-order valence-electron chi connectivity index (χ0n) is 18.6. The molecule has 0 aliphatic carbocycles. The number of benzene rings is 1. The molecule has 4 rings (SSSR count). The van der Waals surface area contributed by atoms with Crippen molar-refractivity contribution in [3.63, 3.8) is 0 Å². The summed E-state index contributed by atoms with van der Waals surface area (Å²) in [6, 6.07) is 10.7. The number of nitrogens with one attached hydrogen (secondary N) is 2. The van der Waals surface area contributed by atoms with Crippen LogP contribution in [-0.2, 0) is 22.5 Å². The van der Waals surface area contributed by atoms with E-state index in [0.717, 1.165) is 23.1 Å². The molecule has 0 saturated heterocycles. The zero-order chi connectivity index (χ0) is 23.3. The molecular weight excluding hydrogens is 426 g/mol. The Kier molecular flexibility index (Phi) is 5.16. The molecule has 32 heavy (non-hydrogen) atoms. The summed E-state index contributed by atoms with van der Waals surface area (Å²) in [7, 11) is -1.65. The number of carbonyl (C=O) groups excluding carboxylic acids is 1. The van der Waals surface area contributed by atoms with Gasteiger partial charge in [-0.2, -0.15) is 5.10 Å². The maximum atomic E-state index is 13.5. The third-order valence-corrected chi connectivity index (χ3v) is 5.78. The number of anilines is 1. The van der Waals surface area contributed by atoms with Crippen molar-refractivity contribution in [2.45, 2.75) is 26.2 Å². The third kappa shape index (κ3) is 4.16. The first-order valence-corrected chi connectivity index (χ1v) is 12.0. The highest BCUT2D eigenvalue weighted by Crippen LogP contribution is 2.33. The van der Waals surface area contributed by atoms with Gasteiger partial charge in [0.25, 0.3) is 0 Å². The molecule has 3 heterocycles. The van der Waals surface area contributed by atoms with Crippen LogP contribution in [0.2, 0.25) is 0 Å². The molecular formula is C23H25N5O3S. The summed E-state index contributed by atoms with van der Waals surface area (Å²) in [4.78, 5) is 21.0. The standard InChI is InChI=1S/C23H25N5O3S/c1-23(2,3)19-12-18(28(4)26-19)21(29)17-13-25-22-20(17)16(9-10-24-22)14-7-6-8-15(11-14)27-32(5,30)31/h6-13,27H,1-5H3,(H,24,25). The van der Waals surface area contributed by atoms with Crippen molar-refractivity contribution in [1.29, 1.82) is 0 Å². The highest BCUT2D eigenvalue weighted by Gasteiger charge is 2.25. The fourth-order valence-corrected chi connectivity index (χ4v) is 4.18. The lowest BCUT2D eigenvalue weighted by Gasteiger charge is -2.13. The molecule has 0 spiro atoms. The van der Waals surface area contributed by atoms with E-state index < -0.39 is 10.0 Å². The van der Waals surface area contributed by atoms with E-state index in [-0.39, 0.29) is 11.2 Å². The summed E-state index contributed by atoms with van der Waals surface area (Å²) in [5.74, 6) is -0.165. The Morgan fingerprint density at radius 1 is 1.16 bits per heavy atom. The smallest absolute Gasteiger partial charge is 0.229 e. The largest absolute Gasteiger partial charge is 0.345 e. The van der Waals surface area contributed by atoms with Gasteiger partial charge in [0.15, 0.2) is 0 Å². The molecule has 0 amide bonds. The predicted molar refractivity (Wildman–Crippen MR) is 125 cm³/mol. The van der Waals surface area contributed by atoms with Crippen molar-refractivity contribution in [2.24, 2.45) is 7.05 Å². The van der Waals surface area contributed by atoms with E-state index in [4.69, 9.17) is 0 Å². The lowest BCUT2D eigenvalue weighted by atomic mass is 9.91. The molecule has 4 aromatic rings. The van der Waals surface area contributed by atoms with Crippen molar-refractivity contribution in [1.82, 2.24) is 19.7 Å². The van der Waals surface area contributed by atoms with Crippen molar-refractivity contribution in [2.75, 3.05) is 11.0 Å². The Morgan fingerprint density at radius 3 is 2.56 bits per heavy atom. The van der Waals surface area contributed by atoms with Crippen LogP contribution in [0.3, 0.4) is 0 Å². The summed E-state index contributed by atoms with van der Waals surface area (Å²) < 4.78 is 27.4. The molecule has 166 valence electrons. The Labute approximate surface area is 186 Å². The van der Waals surface area contributed by atoms with Crippen LogP contribution in [0.4, 0.5) is 5.69 Å². The molecule has 0 unspecified atom stereocenters. The summed E-state index contributed by atoms with van der Waals surface area (Å²) >= 11 is 0. The minimum atomic E-state index is -3.41. The second kappa shape index (κ2) is 7.59. The molecule has 0 radical (unpaired) electrons. The number of nitrogens with zero attached hydrogens (tertiary/aromatic N) is 3. The number of fused-ring (bicyclic) bond motifs is 1. The fourth-order valence-electron chi connectivity index (χ4n) is 3.62. The Bertz CT molecular complexity index is 1440. The van der Waals surface area contributed by atoms with Gasteiger partial charge in [-0.3, -0.25) is 14.2 Å². The van der Waals surface area contributed by atoms with Gasteiger partial charge in [0.2, 0.25) is 15.8 Å². The number of aryl methyl sites for hydroxylation is 1. The van der Waals surface area contributed by atoms with E-state index in [0.29, 0.717) is 28.0 Å². The summed E-state index contributed by atoms with van der Waals surface area (Å²) in [5, 5.41) is 5.20. The number of aromatic nitrogens is 4. The second-order valence-corrected chi connectivity index (χ2v) is 10.6. The molecule has 0 aliphatic rings. The van der Waals surface area contributed by atoms with Gasteiger partial charge < -0.3 is 4.98 Å². The van der Waals surface area contributed by atoms with Gasteiger partial charge in [0, 0.05) is 35.9 Å². The second-order valence-electron chi connectivity index (χ2n) is 8.86. The number of carbonyl (C=O) groups is 1. The molecule has 3 aromatic heterocycles. The molecule has 0 aliphatic heterocycles. The number of hydrogen-bond donors (Lipinski definition) is 2. The van der Waals surface area contributed by atoms with E-state index in [1.807, 2.05) is 18.2 Å². The van der Waals surface area contributed by atoms with Gasteiger partial charge in [-0.15, -0.1) is 0 Å².